The molecule has 1 N–H and O–H groups in total. The van der Waals surface area contributed by atoms with Crippen LogP contribution in [0.25, 0.3) is 0 Å². The van der Waals surface area contributed by atoms with Crippen LogP contribution >= 0.6 is 0 Å². The molecule has 0 aliphatic rings. The summed E-state index contributed by atoms with van der Waals surface area (Å²) in [5, 5.41) is 20.0. The van der Waals surface area contributed by atoms with Crippen molar-refractivity contribution in [2.45, 2.75) is 0 Å². The van der Waals surface area contributed by atoms with Crippen LogP contribution in [0.3, 0.4) is 0 Å². The summed E-state index contributed by atoms with van der Waals surface area (Å²) in [5.41, 5.74) is -0.501. The Morgan fingerprint density at radius 2 is 2.10 bits per heavy atom. The summed E-state index contributed by atoms with van der Waals surface area (Å²) in [7, 11) is 1.40. The maximum Gasteiger partial charge on any atom is 0.341 e. The van der Waals surface area contributed by atoms with E-state index in [1.807, 2.05) is 0 Å². The molecule has 1 aromatic carbocycles. The van der Waals surface area contributed by atoms with Crippen LogP contribution in [-0.2, 0) is 0 Å². The van der Waals surface area contributed by atoms with E-state index in [1.54, 1.807) is 0 Å². The summed E-state index contributed by atoms with van der Waals surface area (Å²) in [6, 6.07) is 5.25. The highest BCUT2D eigenvalue weighted by Crippen LogP contribution is 2.35. The molecule has 0 bridgehead atoms. The van der Waals surface area contributed by atoms with E-state index in [0.29, 0.717) is 5.75 Å². The zero-order valence-corrected chi connectivity index (χ0v) is 10.8. The molecule has 0 saturated carbocycles. The second-order valence-corrected chi connectivity index (χ2v) is 3.87. The van der Waals surface area contributed by atoms with Crippen molar-refractivity contribution in [3.05, 3.63) is 52.3 Å². The number of carbonyl (C=O) groups is 1. The number of pyridine rings is 1. The average molecular weight is 290 g/mol. The van der Waals surface area contributed by atoms with Crippen molar-refractivity contribution in [3.63, 3.8) is 0 Å². The number of hydrogen-bond donors (Lipinski definition) is 1. The molecule has 2 aromatic rings. The van der Waals surface area contributed by atoms with E-state index < -0.39 is 10.9 Å². The molecule has 0 saturated heterocycles. The fourth-order valence-corrected chi connectivity index (χ4v) is 1.60. The predicted octanol–water partition coefficient (Wildman–Crippen LogP) is 2.49. The van der Waals surface area contributed by atoms with Crippen LogP contribution in [-0.4, -0.2) is 28.1 Å². The molecule has 0 aliphatic carbocycles. The molecule has 0 spiro atoms. The average Bonchev–Trinajstić information content (AvgIpc) is 2.47. The van der Waals surface area contributed by atoms with Crippen molar-refractivity contribution in [2.24, 2.45) is 0 Å². The van der Waals surface area contributed by atoms with Crippen molar-refractivity contribution in [1.82, 2.24) is 4.98 Å². The number of hydrogen-bond acceptors (Lipinski definition) is 6. The molecule has 8 heteroatoms. The summed E-state index contributed by atoms with van der Waals surface area (Å²) >= 11 is 0. The van der Waals surface area contributed by atoms with Gasteiger partial charge in [-0.2, -0.15) is 0 Å². The number of aromatic nitrogens is 1. The van der Waals surface area contributed by atoms with Gasteiger partial charge in [0.2, 0.25) is 5.75 Å². The van der Waals surface area contributed by atoms with Crippen LogP contribution in [0.4, 0.5) is 5.69 Å². The van der Waals surface area contributed by atoms with Gasteiger partial charge in [0.25, 0.3) is 0 Å². The van der Waals surface area contributed by atoms with Gasteiger partial charge < -0.3 is 14.6 Å². The number of rotatable bonds is 5. The first-order chi connectivity index (χ1) is 10.0. The molecule has 0 aliphatic heterocycles. The Morgan fingerprint density at radius 3 is 2.71 bits per heavy atom. The minimum absolute atomic E-state index is 0.0474. The predicted molar refractivity (Wildman–Crippen MR) is 70.9 cm³/mol. The van der Waals surface area contributed by atoms with Crippen molar-refractivity contribution < 1.29 is 24.3 Å². The van der Waals surface area contributed by atoms with Gasteiger partial charge in [-0.25, -0.2) is 4.79 Å². The van der Waals surface area contributed by atoms with Gasteiger partial charge >= 0.3 is 11.7 Å². The van der Waals surface area contributed by atoms with Gasteiger partial charge in [-0.1, -0.05) is 0 Å². The molecule has 0 atom stereocenters. The van der Waals surface area contributed by atoms with Crippen molar-refractivity contribution in [2.75, 3.05) is 7.11 Å². The van der Waals surface area contributed by atoms with Gasteiger partial charge in [0.05, 0.1) is 12.0 Å². The summed E-state index contributed by atoms with van der Waals surface area (Å²) < 4.78 is 10.3. The van der Waals surface area contributed by atoms with Crippen molar-refractivity contribution in [1.29, 1.82) is 0 Å². The number of methoxy groups -OCH3 is 1. The Bertz CT molecular complexity index is 701. The number of nitrogens with zero attached hydrogens (tertiary/aromatic N) is 2. The maximum atomic E-state index is 11.1. The quantitative estimate of drug-likeness (QED) is 0.664. The highest BCUT2D eigenvalue weighted by Gasteiger charge is 2.19. The third kappa shape index (κ3) is 3.06. The number of benzene rings is 1. The SMILES string of the molecule is COc1ccc([N+](=O)[O-])c(Oc2ccncc2C(=O)O)c1. The lowest BCUT2D eigenvalue weighted by Gasteiger charge is -2.09. The molecule has 1 aromatic heterocycles. The maximum absolute atomic E-state index is 11.1. The molecule has 108 valence electrons. The largest absolute Gasteiger partial charge is 0.497 e. The van der Waals surface area contributed by atoms with E-state index in [9.17, 15) is 14.9 Å². The molecule has 0 amide bonds. The molecule has 0 unspecified atom stereocenters. The molecule has 0 radical (unpaired) electrons. The highest BCUT2D eigenvalue weighted by molar-refractivity contribution is 5.90. The number of carboxylic acids is 1. The minimum atomic E-state index is -1.25. The summed E-state index contributed by atoms with van der Waals surface area (Å²) in [5.74, 6) is -1.06. The first kappa shape index (κ1) is 14.3. The Balaban J connectivity index is 2.48. The lowest BCUT2D eigenvalue weighted by atomic mass is 10.2. The molecular formula is C13H10N2O6. The van der Waals surface area contributed by atoms with E-state index in [1.165, 1.54) is 37.6 Å². The standard InChI is InChI=1S/C13H10N2O6/c1-20-8-2-3-10(15(18)19)12(6-8)21-11-4-5-14-7-9(11)13(16)17/h2-7H,1H3,(H,16,17). The van der Waals surface area contributed by atoms with Crippen LogP contribution in [0.15, 0.2) is 36.7 Å². The number of aromatic carboxylic acids is 1. The van der Waals surface area contributed by atoms with Gasteiger partial charge in [-0.15, -0.1) is 0 Å². The van der Waals surface area contributed by atoms with E-state index >= 15 is 0 Å². The fraction of sp³-hybridized carbons (Fsp3) is 0.0769. The number of nitro groups is 1. The second kappa shape index (κ2) is 5.87. The minimum Gasteiger partial charge on any atom is -0.497 e. The molecule has 2 rings (SSSR count). The second-order valence-electron chi connectivity index (χ2n) is 3.87. The molecule has 8 nitrogen and oxygen atoms in total. The molecule has 21 heavy (non-hydrogen) atoms. The summed E-state index contributed by atoms with van der Waals surface area (Å²) in [6.07, 6.45) is 2.43. The fourth-order valence-electron chi connectivity index (χ4n) is 1.60. The topological polar surface area (TPSA) is 112 Å². The van der Waals surface area contributed by atoms with Gasteiger partial charge in [0, 0.05) is 30.6 Å². The first-order valence-corrected chi connectivity index (χ1v) is 5.70. The number of ether oxygens (including phenoxy) is 2. The van der Waals surface area contributed by atoms with Crippen molar-refractivity contribution in [3.8, 4) is 17.2 Å². The first-order valence-electron chi connectivity index (χ1n) is 5.70. The van der Waals surface area contributed by atoms with E-state index in [-0.39, 0.29) is 22.7 Å². The van der Waals surface area contributed by atoms with E-state index in [4.69, 9.17) is 14.6 Å². The number of carboxylic acid groups (broad SMARTS) is 1. The Kier molecular flexibility index (Phi) is 3.98. The zero-order valence-electron chi connectivity index (χ0n) is 10.8. The number of nitro benzene ring substituents is 1. The smallest absolute Gasteiger partial charge is 0.341 e. The van der Waals surface area contributed by atoms with Gasteiger partial charge in [-0.05, 0) is 6.07 Å². The lowest BCUT2D eigenvalue weighted by molar-refractivity contribution is -0.385. The molecule has 0 fully saturated rings. The molecular weight excluding hydrogens is 280 g/mol. The third-order valence-corrected chi connectivity index (χ3v) is 2.60. The normalized spacial score (nSPS) is 9.95. The highest BCUT2D eigenvalue weighted by atomic mass is 16.6. The van der Waals surface area contributed by atoms with Crippen LogP contribution < -0.4 is 9.47 Å². The molecule has 1 heterocycles. The monoisotopic (exact) mass is 290 g/mol. The van der Waals surface area contributed by atoms with Crippen LogP contribution in [0.5, 0.6) is 17.2 Å². The van der Waals surface area contributed by atoms with E-state index in [0.717, 1.165) is 6.20 Å². The summed E-state index contributed by atoms with van der Waals surface area (Å²) in [6.45, 7) is 0. The third-order valence-electron chi connectivity index (χ3n) is 2.60. The Morgan fingerprint density at radius 1 is 1.33 bits per heavy atom. The Labute approximate surface area is 118 Å². The van der Waals surface area contributed by atoms with Crippen LogP contribution in [0, 0.1) is 10.1 Å². The van der Waals surface area contributed by atoms with Gasteiger partial charge in [-0.3, -0.25) is 15.1 Å². The van der Waals surface area contributed by atoms with Crippen LogP contribution in [0.1, 0.15) is 10.4 Å². The van der Waals surface area contributed by atoms with E-state index in [2.05, 4.69) is 4.98 Å². The summed E-state index contributed by atoms with van der Waals surface area (Å²) in [4.78, 5) is 25.1. The van der Waals surface area contributed by atoms with Gasteiger partial charge in [0.15, 0.2) is 0 Å². The Hall–Kier alpha value is -3.16. The van der Waals surface area contributed by atoms with Gasteiger partial charge in [0.1, 0.15) is 17.1 Å². The van der Waals surface area contributed by atoms with Crippen molar-refractivity contribution >= 4 is 11.7 Å². The van der Waals surface area contributed by atoms with Crippen LogP contribution in [0.2, 0.25) is 0 Å². The lowest BCUT2D eigenvalue weighted by Crippen LogP contribution is -2.02. The zero-order chi connectivity index (χ0) is 15.4.